The Morgan fingerprint density at radius 3 is 2.75 bits per heavy atom. The van der Waals surface area contributed by atoms with Gasteiger partial charge in [0, 0.05) is 32.7 Å². The van der Waals surface area contributed by atoms with E-state index in [0.717, 1.165) is 32.7 Å². The molecular formula is C11H17N7O2. The van der Waals surface area contributed by atoms with E-state index >= 15 is 0 Å². The second-order valence-electron chi connectivity index (χ2n) is 4.69. The molecule has 108 valence electrons. The van der Waals surface area contributed by atoms with Gasteiger partial charge in [-0.25, -0.2) is 4.98 Å². The monoisotopic (exact) mass is 279 g/mol. The highest BCUT2D eigenvalue weighted by Crippen LogP contribution is 2.11. The summed E-state index contributed by atoms with van der Waals surface area (Å²) in [5, 5.41) is 19.2. The van der Waals surface area contributed by atoms with Gasteiger partial charge in [-0.15, -0.1) is 0 Å². The fourth-order valence-electron chi connectivity index (χ4n) is 2.23. The maximum absolute atomic E-state index is 8.91. The van der Waals surface area contributed by atoms with E-state index in [1.54, 1.807) is 0 Å². The zero-order valence-electron chi connectivity index (χ0n) is 11.1. The number of hydrogen-bond donors (Lipinski definition) is 2. The van der Waals surface area contributed by atoms with Crippen LogP contribution in [0.2, 0.25) is 0 Å². The lowest BCUT2D eigenvalue weighted by molar-refractivity contribution is 0.101. The Morgan fingerprint density at radius 1 is 1.25 bits per heavy atom. The number of β-amino-alcohol motifs (C(OH)–C–C–N with tert-alkyl or cyclic N) is 1. The molecule has 1 fully saturated rings. The van der Waals surface area contributed by atoms with Crippen molar-refractivity contribution in [3.8, 4) is 11.6 Å². The fraction of sp³-hybridized carbons (Fsp3) is 0.636. The van der Waals surface area contributed by atoms with Crippen LogP contribution in [0.1, 0.15) is 5.89 Å². The molecule has 2 aromatic rings. The summed E-state index contributed by atoms with van der Waals surface area (Å²) in [5.74, 6) is 1.51. The molecule has 0 atom stereocenters. The zero-order chi connectivity index (χ0) is 13.8. The minimum atomic E-state index is 0.213. The molecule has 9 nitrogen and oxygen atoms in total. The van der Waals surface area contributed by atoms with Crippen molar-refractivity contribution in [3.63, 3.8) is 0 Å². The minimum absolute atomic E-state index is 0.213. The molecule has 3 heterocycles. The van der Waals surface area contributed by atoms with E-state index in [2.05, 4.69) is 35.1 Å². The Bertz CT molecular complexity index is 519. The molecule has 1 saturated heterocycles. The maximum Gasteiger partial charge on any atom is 0.241 e. The molecule has 2 N–H and O–H groups in total. The van der Waals surface area contributed by atoms with E-state index in [9.17, 15) is 0 Å². The molecule has 20 heavy (non-hydrogen) atoms. The first-order valence-corrected chi connectivity index (χ1v) is 6.59. The smallest absolute Gasteiger partial charge is 0.241 e. The van der Waals surface area contributed by atoms with E-state index in [0.29, 0.717) is 24.1 Å². The van der Waals surface area contributed by atoms with Crippen molar-refractivity contribution in [2.75, 3.05) is 39.3 Å². The predicted molar refractivity (Wildman–Crippen MR) is 68.5 cm³/mol. The first kappa shape index (κ1) is 13.2. The Morgan fingerprint density at radius 2 is 2.05 bits per heavy atom. The predicted octanol–water partition coefficient (Wildman–Crippen LogP) is -1.04. The fourth-order valence-corrected chi connectivity index (χ4v) is 2.23. The molecule has 9 heteroatoms. The molecule has 1 aliphatic heterocycles. The molecule has 0 aliphatic carbocycles. The van der Waals surface area contributed by atoms with Crippen LogP contribution in [-0.4, -0.2) is 79.6 Å². The lowest BCUT2D eigenvalue weighted by atomic mass is 10.3. The molecule has 3 rings (SSSR count). The average Bonchev–Trinajstić information content (AvgIpc) is 3.12. The molecule has 0 saturated carbocycles. The summed E-state index contributed by atoms with van der Waals surface area (Å²) in [4.78, 5) is 12.8. The van der Waals surface area contributed by atoms with E-state index in [1.165, 1.54) is 6.33 Å². The Kier molecular flexibility index (Phi) is 4.00. The molecule has 0 bridgehead atoms. The van der Waals surface area contributed by atoms with Gasteiger partial charge in [0.2, 0.25) is 11.7 Å². The second-order valence-corrected chi connectivity index (χ2v) is 4.69. The summed E-state index contributed by atoms with van der Waals surface area (Å²) in [5.41, 5.74) is 0. The lowest BCUT2D eigenvalue weighted by Crippen LogP contribution is -2.46. The van der Waals surface area contributed by atoms with Crippen molar-refractivity contribution >= 4 is 0 Å². The molecule has 1 aliphatic rings. The van der Waals surface area contributed by atoms with E-state index in [-0.39, 0.29) is 6.61 Å². The number of rotatable bonds is 5. The summed E-state index contributed by atoms with van der Waals surface area (Å²) >= 11 is 0. The van der Waals surface area contributed by atoms with Gasteiger partial charge in [-0.2, -0.15) is 10.1 Å². The van der Waals surface area contributed by atoms with Gasteiger partial charge in [-0.3, -0.25) is 14.9 Å². The third-order valence-corrected chi connectivity index (χ3v) is 3.33. The number of nitrogens with zero attached hydrogens (tertiary/aromatic N) is 6. The largest absolute Gasteiger partial charge is 0.395 e. The van der Waals surface area contributed by atoms with Crippen molar-refractivity contribution in [1.29, 1.82) is 0 Å². The van der Waals surface area contributed by atoms with E-state index < -0.39 is 0 Å². The number of aromatic nitrogens is 5. The van der Waals surface area contributed by atoms with Gasteiger partial charge in [-0.1, -0.05) is 5.16 Å². The highest BCUT2D eigenvalue weighted by atomic mass is 16.5. The van der Waals surface area contributed by atoms with E-state index in [1.807, 2.05) is 0 Å². The van der Waals surface area contributed by atoms with Gasteiger partial charge >= 0.3 is 0 Å². The van der Waals surface area contributed by atoms with Crippen molar-refractivity contribution in [2.24, 2.45) is 0 Å². The Labute approximate surface area is 115 Å². The highest BCUT2D eigenvalue weighted by molar-refractivity contribution is 5.39. The number of hydrogen-bond acceptors (Lipinski definition) is 8. The number of H-pyrrole nitrogens is 1. The molecule has 0 unspecified atom stereocenters. The normalized spacial score (nSPS) is 17.6. The van der Waals surface area contributed by atoms with Crippen LogP contribution < -0.4 is 0 Å². The quantitative estimate of drug-likeness (QED) is 0.715. The van der Waals surface area contributed by atoms with Crippen molar-refractivity contribution in [3.05, 3.63) is 12.2 Å². The molecular weight excluding hydrogens is 262 g/mol. The Hall–Kier alpha value is -1.84. The summed E-state index contributed by atoms with van der Waals surface area (Å²) in [6, 6.07) is 0. The van der Waals surface area contributed by atoms with Crippen LogP contribution in [0.3, 0.4) is 0 Å². The number of nitrogens with one attached hydrogen (secondary N) is 1. The third kappa shape index (κ3) is 3.00. The van der Waals surface area contributed by atoms with Crippen molar-refractivity contribution in [1.82, 2.24) is 35.1 Å². The first-order valence-electron chi connectivity index (χ1n) is 6.59. The number of aliphatic hydroxyl groups is 1. The van der Waals surface area contributed by atoms with Crippen LogP contribution in [0.5, 0.6) is 0 Å². The first-order chi connectivity index (χ1) is 9.85. The summed E-state index contributed by atoms with van der Waals surface area (Å²) in [6.45, 7) is 5.34. The van der Waals surface area contributed by atoms with Crippen LogP contribution >= 0.6 is 0 Å². The second kappa shape index (κ2) is 6.07. The van der Waals surface area contributed by atoms with Gasteiger partial charge in [-0.05, 0) is 0 Å². The summed E-state index contributed by atoms with van der Waals surface area (Å²) in [6.07, 6.45) is 1.41. The zero-order valence-corrected chi connectivity index (χ0v) is 11.1. The summed E-state index contributed by atoms with van der Waals surface area (Å²) in [7, 11) is 0. The average molecular weight is 279 g/mol. The molecule has 2 aromatic heterocycles. The van der Waals surface area contributed by atoms with Crippen molar-refractivity contribution < 1.29 is 9.63 Å². The SMILES string of the molecule is OCCN1CCN(Cc2nc(-c3ncn[nH]3)no2)CC1. The minimum Gasteiger partial charge on any atom is -0.395 e. The van der Waals surface area contributed by atoms with Gasteiger partial charge in [0.05, 0.1) is 13.2 Å². The highest BCUT2D eigenvalue weighted by Gasteiger charge is 2.19. The topological polar surface area (TPSA) is 107 Å². The molecule has 0 amide bonds. The van der Waals surface area contributed by atoms with Gasteiger partial charge in [0.25, 0.3) is 0 Å². The summed E-state index contributed by atoms with van der Waals surface area (Å²) < 4.78 is 5.22. The van der Waals surface area contributed by atoms with Gasteiger partial charge < -0.3 is 9.63 Å². The van der Waals surface area contributed by atoms with Crippen molar-refractivity contribution in [2.45, 2.75) is 6.54 Å². The third-order valence-electron chi connectivity index (χ3n) is 3.33. The van der Waals surface area contributed by atoms with Crippen LogP contribution in [0, 0.1) is 0 Å². The lowest BCUT2D eigenvalue weighted by Gasteiger charge is -2.33. The Balaban J connectivity index is 1.54. The van der Waals surface area contributed by atoms with Gasteiger partial charge in [0.15, 0.2) is 5.82 Å². The van der Waals surface area contributed by atoms with Gasteiger partial charge in [0.1, 0.15) is 6.33 Å². The van der Waals surface area contributed by atoms with Crippen LogP contribution in [0.4, 0.5) is 0 Å². The molecule has 0 aromatic carbocycles. The van der Waals surface area contributed by atoms with E-state index in [4.69, 9.17) is 9.63 Å². The number of aliphatic hydroxyl groups excluding tert-OH is 1. The number of piperazine rings is 1. The van der Waals surface area contributed by atoms with Crippen LogP contribution in [-0.2, 0) is 6.54 Å². The molecule has 0 radical (unpaired) electrons. The maximum atomic E-state index is 8.91. The number of aromatic amines is 1. The van der Waals surface area contributed by atoms with Crippen LogP contribution in [0.15, 0.2) is 10.9 Å². The van der Waals surface area contributed by atoms with Crippen LogP contribution in [0.25, 0.3) is 11.6 Å². The molecule has 0 spiro atoms. The standard InChI is InChI=1S/C11H17N7O2/c19-6-5-17-1-3-18(4-2-17)7-9-14-11(16-20-9)10-12-8-13-15-10/h8,19H,1-7H2,(H,12,13,15).